The molecule has 1 aliphatic rings. The summed E-state index contributed by atoms with van der Waals surface area (Å²) in [5.41, 5.74) is 2.51. The Labute approximate surface area is 162 Å². The smallest absolute Gasteiger partial charge is 0.414 e. The molecule has 0 amide bonds. The molecule has 2 aromatic rings. The molecular weight excluding hydrogens is 366 g/mol. The fraction of sp³-hybridized carbons (Fsp3) is 0.300. The quantitative estimate of drug-likeness (QED) is 0.488. The number of benzene rings is 2. The Kier molecular flexibility index (Phi) is 8.11. The van der Waals surface area contributed by atoms with Crippen LogP contribution in [0.3, 0.4) is 0 Å². The largest absolute Gasteiger partial charge is 0.494 e. The van der Waals surface area contributed by atoms with Crippen LogP contribution in [0, 0.1) is 0 Å². The lowest BCUT2D eigenvalue weighted by molar-refractivity contribution is -0.159. The van der Waals surface area contributed by atoms with Gasteiger partial charge in [-0.2, -0.15) is 0 Å². The van der Waals surface area contributed by atoms with Crippen molar-refractivity contribution >= 4 is 11.9 Å². The van der Waals surface area contributed by atoms with Crippen LogP contribution < -0.4 is 19.5 Å². The van der Waals surface area contributed by atoms with Crippen LogP contribution in [0.2, 0.25) is 0 Å². The van der Waals surface area contributed by atoms with E-state index in [0.717, 1.165) is 36.8 Å². The summed E-state index contributed by atoms with van der Waals surface area (Å²) in [6.45, 7) is 4.80. The predicted octanol–water partition coefficient (Wildman–Crippen LogP) is 2.30. The lowest BCUT2D eigenvalue weighted by Gasteiger charge is -2.07. The van der Waals surface area contributed by atoms with Crippen LogP contribution in [-0.2, 0) is 22.6 Å². The molecule has 1 heterocycles. The van der Waals surface area contributed by atoms with Gasteiger partial charge in [0.15, 0.2) is 11.5 Å². The average molecular weight is 389 g/mol. The first kappa shape index (κ1) is 21.0. The van der Waals surface area contributed by atoms with Gasteiger partial charge in [-0.1, -0.05) is 18.2 Å². The van der Waals surface area contributed by atoms with E-state index in [1.807, 2.05) is 25.1 Å². The number of rotatable bonds is 7. The summed E-state index contributed by atoms with van der Waals surface area (Å²) in [5, 5.41) is 18.2. The minimum absolute atomic E-state index is 0.328. The van der Waals surface area contributed by atoms with Gasteiger partial charge in [0.2, 0.25) is 6.79 Å². The van der Waals surface area contributed by atoms with Crippen molar-refractivity contribution < 1.29 is 34.0 Å². The molecular formula is C20H23NO7. The first-order chi connectivity index (χ1) is 13.5. The molecule has 0 aliphatic carbocycles. The van der Waals surface area contributed by atoms with E-state index in [9.17, 15) is 0 Å². The molecule has 8 nitrogen and oxygen atoms in total. The number of carboxylic acid groups (broad SMARTS) is 2. The molecule has 0 bridgehead atoms. The highest BCUT2D eigenvalue weighted by Gasteiger charge is 2.12. The normalized spacial score (nSPS) is 11.3. The van der Waals surface area contributed by atoms with E-state index in [2.05, 4.69) is 29.6 Å². The third kappa shape index (κ3) is 6.81. The van der Waals surface area contributed by atoms with Crippen LogP contribution in [0.15, 0.2) is 42.5 Å². The second kappa shape index (κ2) is 10.8. The van der Waals surface area contributed by atoms with Gasteiger partial charge in [-0.05, 0) is 55.3 Å². The monoisotopic (exact) mass is 389 g/mol. The number of hydrogen-bond acceptors (Lipinski definition) is 6. The zero-order valence-electron chi connectivity index (χ0n) is 15.5. The fourth-order valence-electron chi connectivity index (χ4n) is 2.43. The first-order valence-electron chi connectivity index (χ1n) is 8.76. The SMILES string of the molecule is CCOc1ccc(CNCCc2ccc3c(c2)OCO3)cc1.O=C(O)C(=O)O. The van der Waals surface area contributed by atoms with E-state index in [1.165, 1.54) is 11.1 Å². The summed E-state index contributed by atoms with van der Waals surface area (Å²) in [7, 11) is 0. The molecule has 0 spiro atoms. The molecule has 150 valence electrons. The molecule has 8 heteroatoms. The number of hydrogen-bond donors (Lipinski definition) is 3. The third-order valence-electron chi connectivity index (χ3n) is 3.77. The van der Waals surface area contributed by atoms with Crippen molar-refractivity contribution in [1.29, 1.82) is 0 Å². The van der Waals surface area contributed by atoms with Crippen LogP contribution in [0.4, 0.5) is 0 Å². The van der Waals surface area contributed by atoms with E-state index < -0.39 is 11.9 Å². The molecule has 0 saturated carbocycles. The van der Waals surface area contributed by atoms with Crippen molar-refractivity contribution in [3.8, 4) is 17.2 Å². The molecule has 0 aromatic heterocycles. The summed E-state index contributed by atoms with van der Waals surface area (Å²) in [5.74, 6) is -1.04. The number of carboxylic acids is 2. The summed E-state index contributed by atoms with van der Waals surface area (Å²) in [4.78, 5) is 18.2. The van der Waals surface area contributed by atoms with E-state index in [1.54, 1.807) is 0 Å². The number of aliphatic carboxylic acids is 2. The first-order valence-corrected chi connectivity index (χ1v) is 8.76. The molecule has 0 fully saturated rings. The zero-order chi connectivity index (χ0) is 20.4. The maximum absolute atomic E-state index is 9.10. The molecule has 28 heavy (non-hydrogen) atoms. The Morgan fingerprint density at radius 1 is 1.00 bits per heavy atom. The highest BCUT2D eigenvalue weighted by atomic mass is 16.7. The van der Waals surface area contributed by atoms with Crippen LogP contribution in [0.5, 0.6) is 17.2 Å². The predicted molar refractivity (Wildman–Crippen MR) is 101 cm³/mol. The van der Waals surface area contributed by atoms with Crippen LogP contribution in [0.25, 0.3) is 0 Å². The number of carbonyl (C=O) groups is 2. The van der Waals surface area contributed by atoms with Crippen molar-refractivity contribution in [1.82, 2.24) is 5.32 Å². The van der Waals surface area contributed by atoms with Gasteiger partial charge in [-0.15, -0.1) is 0 Å². The Balaban J connectivity index is 0.000000409. The molecule has 0 radical (unpaired) electrons. The Bertz CT molecular complexity index is 778. The summed E-state index contributed by atoms with van der Waals surface area (Å²) in [6, 6.07) is 14.3. The van der Waals surface area contributed by atoms with Crippen molar-refractivity contribution in [2.75, 3.05) is 19.9 Å². The molecule has 0 unspecified atom stereocenters. The summed E-state index contributed by atoms with van der Waals surface area (Å²) in [6.07, 6.45) is 0.966. The molecule has 3 N–H and O–H groups in total. The average Bonchev–Trinajstić information content (AvgIpc) is 3.15. The van der Waals surface area contributed by atoms with Gasteiger partial charge >= 0.3 is 11.9 Å². The summed E-state index contributed by atoms with van der Waals surface area (Å²) < 4.78 is 16.1. The third-order valence-corrected chi connectivity index (χ3v) is 3.77. The highest BCUT2D eigenvalue weighted by Crippen LogP contribution is 2.32. The maximum Gasteiger partial charge on any atom is 0.414 e. The number of nitrogens with one attached hydrogen (secondary N) is 1. The zero-order valence-corrected chi connectivity index (χ0v) is 15.5. The van der Waals surface area contributed by atoms with E-state index in [0.29, 0.717) is 13.4 Å². The standard InChI is InChI=1S/C18H21NO3.C2H2O4/c1-2-20-16-6-3-15(4-7-16)12-19-10-9-14-5-8-17-18(11-14)22-13-21-17;3-1(4)2(5)6/h3-8,11,19H,2,9-10,12-13H2,1H3;(H,3,4)(H,5,6). The molecule has 1 aliphatic heterocycles. The lowest BCUT2D eigenvalue weighted by Crippen LogP contribution is -2.16. The van der Waals surface area contributed by atoms with Gasteiger partial charge in [-0.25, -0.2) is 9.59 Å². The van der Waals surface area contributed by atoms with E-state index in [-0.39, 0.29) is 0 Å². The molecule has 0 atom stereocenters. The molecule has 0 saturated heterocycles. The van der Waals surface area contributed by atoms with Gasteiger partial charge in [0.25, 0.3) is 0 Å². The van der Waals surface area contributed by atoms with Crippen LogP contribution in [0.1, 0.15) is 18.1 Å². The van der Waals surface area contributed by atoms with Gasteiger partial charge in [0.1, 0.15) is 5.75 Å². The van der Waals surface area contributed by atoms with E-state index >= 15 is 0 Å². The topological polar surface area (TPSA) is 114 Å². The second-order valence-electron chi connectivity index (χ2n) is 5.80. The van der Waals surface area contributed by atoms with Gasteiger partial charge in [-0.3, -0.25) is 0 Å². The van der Waals surface area contributed by atoms with Gasteiger partial charge in [0.05, 0.1) is 6.61 Å². The molecule has 3 rings (SSSR count). The van der Waals surface area contributed by atoms with Gasteiger partial charge < -0.3 is 29.7 Å². The Morgan fingerprint density at radius 2 is 1.64 bits per heavy atom. The number of ether oxygens (including phenoxy) is 3. The molecule has 2 aromatic carbocycles. The van der Waals surface area contributed by atoms with Gasteiger partial charge in [0, 0.05) is 6.54 Å². The highest BCUT2D eigenvalue weighted by molar-refractivity contribution is 6.27. The Hall–Kier alpha value is -3.26. The minimum Gasteiger partial charge on any atom is -0.494 e. The summed E-state index contributed by atoms with van der Waals surface area (Å²) >= 11 is 0. The number of fused-ring (bicyclic) bond motifs is 1. The van der Waals surface area contributed by atoms with Crippen LogP contribution in [-0.4, -0.2) is 42.1 Å². The minimum atomic E-state index is -1.82. The van der Waals surface area contributed by atoms with E-state index in [4.69, 9.17) is 34.0 Å². The van der Waals surface area contributed by atoms with Crippen LogP contribution >= 0.6 is 0 Å². The van der Waals surface area contributed by atoms with Crippen molar-refractivity contribution in [3.05, 3.63) is 53.6 Å². The second-order valence-corrected chi connectivity index (χ2v) is 5.80. The lowest BCUT2D eigenvalue weighted by atomic mass is 10.1. The van der Waals surface area contributed by atoms with Crippen molar-refractivity contribution in [2.24, 2.45) is 0 Å². The van der Waals surface area contributed by atoms with Crippen molar-refractivity contribution in [2.45, 2.75) is 19.9 Å². The van der Waals surface area contributed by atoms with Crippen molar-refractivity contribution in [3.63, 3.8) is 0 Å². The maximum atomic E-state index is 9.10. The fourth-order valence-corrected chi connectivity index (χ4v) is 2.43. The Morgan fingerprint density at radius 3 is 2.29 bits per heavy atom.